The van der Waals surface area contributed by atoms with Crippen LogP contribution in [0.5, 0.6) is 0 Å². The van der Waals surface area contributed by atoms with Crippen LogP contribution in [0.15, 0.2) is 24.3 Å². The molecule has 27 heavy (non-hydrogen) atoms. The summed E-state index contributed by atoms with van der Waals surface area (Å²) < 4.78 is 44.4. The summed E-state index contributed by atoms with van der Waals surface area (Å²) in [7, 11) is -4.07. The molecule has 0 amide bonds. The van der Waals surface area contributed by atoms with Gasteiger partial charge in [-0.25, -0.2) is 9.59 Å². The van der Waals surface area contributed by atoms with Crippen LogP contribution in [0.1, 0.15) is 41.5 Å². The topological polar surface area (TPSA) is 107 Å². The monoisotopic (exact) mass is 408 g/mol. The summed E-state index contributed by atoms with van der Waals surface area (Å²) in [6, 6.07) is -1.51. The summed E-state index contributed by atoms with van der Waals surface area (Å²) in [6.45, 7) is 16.0. The smallest absolute Gasteiger partial charge is 0.389 e. The molecule has 0 aliphatic rings. The van der Waals surface area contributed by atoms with E-state index < -0.39 is 38.1 Å². The maximum Gasteiger partial charge on any atom is 0.389 e. The second-order valence-corrected chi connectivity index (χ2v) is 7.44. The molecule has 10 heteroatoms. The van der Waals surface area contributed by atoms with Crippen LogP contribution in [0.4, 0.5) is 0 Å². The first kappa shape index (κ1) is 25.5. The lowest BCUT2D eigenvalue weighted by Crippen LogP contribution is -2.30. The van der Waals surface area contributed by atoms with Gasteiger partial charge in [-0.15, -0.1) is 0 Å². The second-order valence-electron chi connectivity index (χ2n) is 5.47. The average Bonchev–Trinajstić information content (AvgIpc) is 2.53. The number of rotatable bonds is 13. The number of esters is 2. The van der Waals surface area contributed by atoms with Gasteiger partial charge in [0.25, 0.3) is 6.03 Å². The molecule has 156 valence electrons. The summed E-state index contributed by atoms with van der Waals surface area (Å²) in [5, 5.41) is 0. The predicted octanol–water partition coefficient (Wildman–Crippen LogP) is 3.50. The van der Waals surface area contributed by atoms with Crippen molar-refractivity contribution in [1.29, 1.82) is 0 Å². The van der Waals surface area contributed by atoms with Crippen LogP contribution in [0.3, 0.4) is 0 Å². The van der Waals surface area contributed by atoms with E-state index in [1.54, 1.807) is 13.8 Å². The molecule has 0 spiro atoms. The molecule has 0 radical (unpaired) electrons. The van der Waals surface area contributed by atoms with E-state index in [-0.39, 0.29) is 24.4 Å². The van der Waals surface area contributed by atoms with Crippen molar-refractivity contribution in [2.45, 2.75) is 60.2 Å². The Morgan fingerprint density at radius 3 is 1.81 bits per heavy atom. The molecular weight excluding hydrogens is 379 g/mol. The largest absolute Gasteiger partial charge is 0.433 e. The van der Waals surface area contributed by atoms with Crippen molar-refractivity contribution in [3.8, 4) is 0 Å². The molecule has 0 aromatic rings. The van der Waals surface area contributed by atoms with Gasteiger partial charge in [0.1, 0.15) is 0 Å². The highest BCUT2D eigenvalue weighted by Gasteiger charge is 2.42. The molecule has 0 saturated heterocycles. The Morgan fingerprint density at radius 2 is 1.41 bits per heavy atom. The van der Waals surface area contributed by atoms with Crippen molar-refractivity contribution in [3.63, 3.8) is 0 Å². The lowest BCUT2D eigenvalue weighted by atomic mass is 10.4. The van der Waals surface area contributed by atoms with E-state index in [0.29, 0.717) is 0 Å². The molecule has 0 aliphatic heterocycles. The molecule has 0 saturated carbocycles. The molecule has 0 fully saturated rings. The van der Waals surface area contributed by atoms with Gasteiger partial charge < -0.3 is 23.5 Å². The quantitative estimate of drug-likeness (QED) is 0.196. The fourth-order valence-corrected chi connectivity index (χ4v) is 3.34. The number of hydrogen-bond acceptors (Lipinski definition) is 9. The maximum atomic E-state index is 13.2. The van der Waals surface area contributed by atoms with Crippen LogP contribution in [0.2, 0.25) is 0 Å². The van der Waals surface area contributed by atoms with Crippen LogP contribution < -0.4 is 0 Å². The van der Waals surface area contributed by atoms with Crippen molar-refractivity contribution >= 4 is 19.5 Å². The Labute approximate surface area is 160 Å². The van der Waals surface area contributed by atoms with E-state index in [1.807, 2.05) is 0 Å². The van der Waals surface area contributed by atoms with Crippen molar-refractivity contribution in [2.24, 2.45) is 0 Å². The van der Waals surface area contributed by atoms with E-state index in [4.69, 9.17) is 28.0 Å². The first-order valence-corrected chi connectivity index (χ1v) is 10.0. The molecule has 0 aliphatic carbocycles. The zero-order valence-electron chi connectivity index (χ0n) is 16.7. The van der Waals surface area contributed by atoms with Crippen LogP contribution in [0.25, 0.3) is 0 Å². The third-order valence-electron chi connectivity index (χ3n) is 2.72. The molecule has 4 atom stereocenters. The minimum absolute atomic E-state index is 0.00526. The predicted molar refractivity (Wildman–Crippen MR) is 97.6 cm³/mol. The second kappa shape index (κ2) is 12.0. The normalized spacial score (nSPS) is 16.5. The fraction of sp³-hybridized carbons (Fsp3) is 0.647. The number of hydrogen-bond donors (Lipinski definition) is 0. The molecule has 0 heterocycles. The van der Waals surface area contributed by atoms with E-state index in [0.717, 1.165) is 0 Å². The van der Waals surface area contributed by atoms with Crippen LogP contribution in [0, 0.1) is 0 Å². The van der Waals surface area contributed by atoms with Gasteiger partial charge in [0.15, 0.2) is 0 Å². The molecule has 0 bridgehead atoms. The Kier molecular flexibility index (Phi) is 11.4. The third kappa shape index (κ3) is 9.30. The number of carbonyl (C=O) groups excluding carboxylic acids is 2. The Balaban J connectivity index is 5.29. The molecule has 4 unspecified atom stereocenters. The molecule has 0 N–H and O–H groups in total. The lowest BCUT2D eigenvalue weighted by molar-refractivity contribution is -0.214. The summed E-state index contributed by atoms with van der Waals surface area (Å²) >= 11 is 0. The molecular formula is C17H29O9P. The Bertz CT molecular complexity index is 587. The third-order valence-corrected chi connectivity index (χ3v) is 4.72. The summed E-state index contributed by atoms with van der Waals surface area (Å²) in [5.41, 5.74) is 0.317. The number of ether oxygens (including phenoxy) is 4. The molecule has 0 rings (SSSR count). The Morgan fingerprint density at radius 1 is 0.926 bits per heavy atom. The summed E-state index contributed by atoms with van der Waals surface area (Å²) in [6.07, 6.45) is -2.36. The van der Waals surface area contributed by atoms with E-state index >= 15 is 0 Å². The van der Waals surface area contributed by atoms with E-state index in [9.17, 15) is 14.2 Å². The SMILES string of the molecule is C=C(C)C(=O)OC(C)OC(OCC)P(=O)(OCC)OC(C)OC(=O)C(=C)C. The summed E-state index contributed by atoms with van der Waals surface area (Å²) in [5.74, 6) is -1.41. The highest BCUT2D eigenvalue weighted by molar-refractivity contribution is 7.54. The minimum atomic E-state index is -4.07. The van der Waals surface area contributed by atoms with Crippen molar-refractivity contribution < 1.29 is 42.1 Å². The standard InChI is InChI=1S/C17H29O9P/c1-9-21-17(25-13(7)23-15(18)11(3)4)27(20,22-10-2)26-14(8)24-16(19)12(5)6/h13-14,17H,3,5,9-10H2,1-2,4,6-8H3. The summed E-state index contributed by atoms with van der Waals surface area (Å²) in [4.78, 5) is 23.2. The highest BCUT2D eigenvalue weighted by atomic mass is 31.2. The van der Waals surface area contributed by atoms with Crippen LogP contribution >= 0.6 is 7.60 Å². The van der Waals surface area contributed by atoms with Gasteiger partial charge in [-0.3, -0.25) is 9.09 Å². The van der Waals surface area contributed by atoms with Gasteiger partial charge in [0.2, 0.25) is 12.6 Å². The van der Waals surface area contributed by atoms with Gasteiger partial charge >= 0.3 is 19.5 Å². The lowest BCUT2D eigenvalue weighted by Gasteiger charge is -2.29. The Hall–Kier alpha value is -1.51. The number of carbonyl (C=O) groups is 2. The van der Waals surface area contributed by atoms with Gasteiger partial charge in [0, 0.05) is 17.8 Å². The van der Waals surface area contributed by atoms with Gasteiger partial charge in [-0.1, -0.05) is 13.2 Å². The van der Waals surface area contributed by atoms with Gasteiger partial charge in [0.05, 0.1) is 6.61 Å². The fourth-order valence-electron chi connectivity index (χ4n) is 1.59. The van der Waals surface area contributed by atoms with Crippen molar-refractivity contribution in [2.75, 3.05) is 13.2 Å². The highest BCUT2D eigenvalue weighted by Crippen LogP contribution is 2.55. The molecule has 0 aromatic carbocycles. The average molecular weight is 408 g/mol. The van der Waals surface area contributed by atoms with Crippen LogP contribution in [-0.4, -0.2) is 43.8 Å². The first-order valence-electron chi connectivity index (χ1n) is 8.39. The van der Waals surface area contributed by atoms with Crippen molar-refractivity contribution in [3.05, 3.63) is 24.3 Å². The van der Waals surface area contributed by atoms with Crippen molar-refractivity contribution in [1.82, 2.24) is 0 Å². The maximum absolute atomic E-state index is 13.2. The van der Waals surface area contributed by atoms with Crippen LogP contribution in [-0.2, 0) is 42.1 Å². The zero-order chi connectivity index (χ0) is 21.2. The van der Waals surface area contributed by atoms with Gasteiger partial charge in [-0.2, -0.15) is 0 Å². The molecule has 9 nitrogen and oxygen atoms in total. The van der Waals surface area contributed by atoms with Gasteiger partial charge in [-0.05, 0) is 41.5 Å². The first-order chi connectivity index (χ1) is 12.5. The van der Waals surface area contributed by atoms with E-state index in [1.165, 1.54) is 27.7 Å². The minimum Gasteiger partial charge on any atom is -0.433 e. The van der Waals surface area contributed by atoms with E-state index in [2.05, 4.69) is 13.2 Å². The zero-order valence-corrected chi connectivity index (χ0v) is 17.6. The molecule has 0 aromatic heterocycles.